The van der Waals surface area contributed by atoms with Crippen LogP contribution in [0, 0.1) is 20.8 Å². The summed E-state index contributed by atoms with van der Waals surface area (Å²) in [4.78, 5) is 0. The number of aryl methyl sites for hydroxylation is 3. The highest BCUT2D eigenvalue weighted by molar-refractivity contribution is 6.16. The highest BCUT2D eigenvalue weighted by Crippen LogP contribution is 2.46. The molecule has 0 amide bonds. The Bertz CT molecular complexity index is 1480. The van der Waals surface area contributed by atoms with Gasteiger partial charge in [0.05, 0.1) is 0 Å². The smallest absolute Gasteiger partial charge is 0.000728 e. The highest BCUT2D eigenvalue weighted by Gasteiger charge is 2.23. The van der Waals surface area contributed by atoms with E-state index in [1.165, 1.54) is 71.6 Å². The Kier molecular flexibility index (Phi) is 3.67. The van der Waals surface area contributed by atoms with Crippen LogP contribution in [0.5, 0.6) is 0 Å². The molecule has 5 aromatic carbocycles. The molecule has 0 atom stereocenters. The molecule has 0 heterocycles. The van der Waals surface area contributed by atoms with Gasteiger partial charge in [0.15, 0.2) is 0 Å². The molecule has 144 valence electrons. The molecule has 0 radical (unpaired) electrons. The van der Waals surface area contributed by atoms with Gasteiger partial charge in [-0.2, -0.15) is 0 Å². The standard InChI is InChI=1S/C30H24/c1-18-12-14-26-27(15-18)20(3)22-13-11-19(2)16-29(22)30(26)25-10-6-9-24-23-8-5-4-7-21(23)17-28(24)25/h4-16H,17H2,1-3H3. The van der Waals surface area contributed by atoms with Crippen LogP contribution in [-0.4, -0.2) is 0 Å². The predicted octanol–water partition coefficient (Wildman–Crippen LogP) is 8.16. The Morgan fingerprint density at radius 1 is 0.533 bits per heavy atom. The molecule has 1 aliphatic carbocycles. The van der Waals surface area contributed by atoms with E-state index in [0.717, 1.165) is 6.42 Å². The quantitative estimate of drug-likeness (QED) is 0.251. The van der Waals surface area contributed by atoms with Gasteiger partial charge in [0.25, 0.3) is 0 Å². The van der Waals surface area contributed by atoms with Crippen molar-refractivity contribution in [2.45, 2.75) is 27.2 Å². The molecule has 0 heteroatoms. The van der Waals surface area contributed by atoms with Gasteiger partial charge >= 0.3 is 0 Å². The molecule has 0 nitrogen and oxygen atoms in total. The van der Waals surface area contributed by atoms with E-state index in [1.807, 2.05) is 0 Å². The van der Waals surface area contributed by atoms with Crippen LogP contribution in [0.15, 0.2) is 78.9 Å². The molecular weight excluding hydrogens is 360 g/mol. The fraction of sp³-hybridized carbons (Fsp3) is 0.133. The van der Waals surface area contributed by atoms with Crippen LogP contribution >= 0.6 is 0 Å². The van der Waals surface area contributed by atoms with Crippen LogP contribution < -0.4 is 0 Å². The van der Waals surface area contributed by atoms with Crippen LogP contribution in [0.4, 0.5) is 0 Å². The average Bonchev–Trinajstić information content (AvgIpc) is 3.14. The van der Waals surface area contributed by atoms with Gasteiger partial charge in [0.1, 0.15) is 0 Å². The third-order valence-corrected chi connectivity index (χ3v) is 6.82. The van der Waals surface area contributed by atoms with Crippen molar-refractivity contribution in [3.05, 3.63) is 107 Å². The minimum absolute atomic E-state index is 1.01. The third kappa shape index (κ3) is 2.40. The second-order valence-electron chi connectivity index (χ2n) is 8.76. The number of rotatable bonds is 1. The lowest BCUT2D eigenvalue weighted by molar-refractivity contribution is 1.27. The Labute approximate surface area is 177 Å². The zero-order chi connectivity index (χ0) is 20.4. The molecule has 0 unspecified atom stereocenters. The average molecular weight is 385 g/mol. The topological polar surface area (TPSA) is 0 Å². The molecule has 0 fully saturated rings. The summed E-state index contributed by atoms with van der Waals surface area (Å²) < 4.78 is 0. The van der Waals surface area contributed by atoms with E-state index in [0.29, 0.717) is 0 Å². The monoisotopic (exact) mass is 384 g/mol. The fourth-order valence-electron chi connectivity index (χ4n) is 5.35. The first kappa shape index (κ1) is 17.5. The molecule has 0 aromatic heterocycles. The van der Waals surface area contributed by atoms with Gasteiger partial charge < -0.3 is 0 Å². The molecule has 0 aliphatic heterocycles. The van der Waals surface area contributed by atoms with Crippen LogP contribution in [0.3, 0.4) is 0 Å². The number of hydrogen-bond acceptors (Lipinski definition) is 0. The first-order valence-electron chi connectivity index (χ1n) is 10.8. The van der Waals surface area contributed by atoms with Gasteiger partial charge in [-0.3, -0.25) is 0 Å². The zero-order valence-corrected chi connectivity index (χ0v) is 17.7. The van der Waals surface area contributed by atoms with Crippen molar-refractivity contribution in [1.29, 1.82) is 0 Å². The third-order valence-electron chi connectivity index (χ3n) is 6.82. The van der Waals surface area contributed by atoms with Gasteiger partial charge in [-0.25, -0.2) is 0 Å². The second kappa shape index (κ2) is 6.31. The van der Waals surface area contributed by atoms with E-state index in [2.05, 4.69) is 99.6 Å². The van der Waals surface area contributed by atoms with Crippen LogP contribution in [0.25, 0.3) is 43.8 Å². The maximum Gasteiger partial charge on any atom is -0.000728 e. The van der Waals surface area contributed by atoms with E-state index in [9.17, 15) is 0 Å². The van der Waals surface area contributed by atoms with Gasteiger partial charge in [-0.15, -0.1) is 0 Å². The van der Waals surface area contributed by atoms with Gasteiger partial charge in [-0.05, 0) is 87.7 Å². The summed E-state index contributed by atoms with van der Waals surface area (Å²) in [6.45, 7) is 6.66. The van der Waals surface area contributed by atoms with Gasteiger partial charge in [0, 0.05) is 0 Å². The summed E-state index contributed by atoms with van der Waals surface area (Å²) in [7, 11) is 0. The SMILES string of the molecule is Cc1ccc2c(-c3cccc4c3Cc3ccccc3-4)c3cc(C)ccc3c(C)c2c1. The van der Waals surface area contributed by atoms with Crippen LogP contribution in [0.2, 0.25) is 0 Å². The maximum absolute atomic E-state index is 2.37. The molecule has 0 spiro atoms. The summed E-state index contributed by atoms with van der Waals surface area (Å²) in [5, 5.41) is 5.46. The Morgan fingerprint density at radius 3 is 2.03 bits per heavy atom. The first-order valence-corrected chi connectivity index (χ1v) is 10.8. The van der Waals surface area contributed by atoms with Crippen LogP contribution in [0.1, 0.15) is 27.8 Å². The molecule has 1 aliphatic rings. The molecular formula is C30H24. The zero-order valence-electron chi connectivity index (χ0n) is 17.7. The van der Waals surface area contributed by atoms with Crippen molar-refractivity contribution in [3.8, 4) is 22.3 Å². The summed E-state index contributed by atoms with van der Waals surface area (Å²) in [5.74, 6) is 0. The van der Waals surface area contributed by atoms with Crippen molar-refractivity contribution in [2.75, 3.05) is 0 Å². The van der Waals surface area contributed by atoms with E-state index in [-0.39, 0.29) is 0 Å². The second-order valence-corrected chi connectivity index (χ2v) is 8.76. The first-order chi connectivity index (χ1) is 14.6. The van der Waals surface area contributed by atoms with Crippen molar-refractivity contribution < 1.29 is 0 Å². The Hall–Kier alpha value is -3.38. The molecule has 0 bridgehead atoms. The Balaban J connectivity index is 1.78. The lowest BCUT2D eigenvalue weighted by Crippen LogP contribution is -1.94. The van der Waals surface area contributed by atoms with Crippen molar-refractivity contribution >= 4 is 21.5 Å². The number of benzene rings is 5. The number of hydrogen-bond donors (Lipinski definition) is 0. The van der Waals surface area contributed by atoms with Crippen molar-refractivity contribution in [3.63, 3.8) is 0 Å². The van der Waals surface area contributed by atoms with Gasteiger partial charge in [0.2, 0.25) is 0 Å². The highest BCUT2D eigenvalue weighted by atomic mass is 14.3. The normalized spacial score (nSPS) is 12.4. The van der Waals surface area contributed by atoms with Crippen LogP contribution in [-0.2, 0) is 6.42 Å². The molecule has 30 heavy (non-hydrogen) atoms. The molecule has 0 saturated carbocycles. The minimum atomic E-state index is 1.01. The predicted molar refractivity (Wildman–Crippen MR) is 129 cm³/mol. The summed E-state index contributed by atoms with van der Waals surface area (Å²) in [6.07, 6.45) is 1.01. The number of fused-ring (bicyclic) bond motifs is 5. The summed E-state index contributed by atoms with van der Waals surface area (Å²) >= 11 is 0. The lowest BCUT2D eigenvalue weighted by Gasteiger charge is -2.18. The minimum Gasteiger partial charge on any atom is -0.0619 e. The fourth-order valence-corrected chi connectivity index (χ4v) is 5.35. The molecule has 6 rings (SSSR count). The van der Waals surface area contributed by atoms with Gasteiger partial charge in [-0.1, -0.05) is 90.0 Å². The largest absolute Gasteiger partial charge is 0.0619 e. The maximum atomic E-state index is 2.37. The molecule has 0 saturated heterocycles. The lowest BCUT2D eigenvalue weighted by atomic mass is 9.85. The molecule has 0 N–H and O–H groups in total. The van der Waals surface area contributed by atoms with E-state index >= 15 is 0 Å². The van der Waals surface area contributed by atoms with Crippen molar-refractivity contribution in [1.82, 2.24) is 0 Å². The Morgan fingerprint density at radius 2 is 1.20 bits per heavy atom. The van der Waals surface area contributed by atoms with E-state index in [4.69, 9.17) is 0 Å². The van der Waals surface area contributed by atoms with Crippen molar-refractivity contribution in [2.24, 2.45) is 0 Å². The molecule has 5 aromatic rings. The van der Waals surface area contributed by atoms with E-state index < -0.39 is 0 Å². The summed E-state index contributed by atoms with van der Waals surface area (Å²) in [6, 6.07) is 29.6. The summed E-state index contributed by atoms with van der Waals surface area (Å²) in [5.41, 5.74) is 12.5. The van der Waals surface area contributed by atoms with E-state index in [1.54, 1.807) is 0 Å².